The molecule has 0 radical (unpaired) electrons. The van der Waals surface area contributed by atoms with Gasteiger partial charge >= 0.3 is 0 Å². The van der Waals surface area contributed by atoms with Crippen molar-refractivity contribution in [3.63, 3.8) is 0 Å². The maximum Gasteiger partial charge on any atom is 0.124 e. The molecule has 2 aromatic rings. The van der Waals surface area contributed by atoms with Gasteiger partial charge in [0.2, 0.25) is 0 Å². The van der Waals surface area contributed by atoms with Gasteiger partial charge in [-0.1, -0.05) is 6.07 Å². The smallest absolute Gasteiger partial charge is 0.124 e. The molecule has 3 rings (SSSR count). The van der Waals surface area contributed by atoms with Gasteiger partial charge in [0.15, 0.2) is 0 Å². The van der Waals surface area contributed by atoms with Crippen LogP contribution in [0.5, 0.6) is 5.75 Å². The normalized spacial score (nSPS) is 20.4. The fourth-order valence-corrected chi connectivity index (χ4v) is 3.05. The minimum absolute atomic E-state index is 0.0358. The molecular weight excluding hydrogens is 306 g/mol. The van der Waals surface area contributed by atoms with Gasteiger partial charge < -0.3 is 19.5 Å². The van der Waals surface area contributed by atoms with Gasteiger partial charge in [-0.25, -0.2) is 0 Å². The number of rotatable bonds is 8. The predicted octanol–water partition coefficient (Wildman–Crippen LogP) is 2.57. The van der Waals surface area contributed by atoms with Crippen molar-refractivity contribution in [2.24, 2.45) is 0 Å². The summed E-state index contributed by atoms with van der Waals surface area (Å²) in [6.07, 6.45) is 2.79. The Hall–Kier alpha value is -1.89. The first-order chi connectivity index (χ1) is 11.8. The Morgan fingerprint density at radius 2 is 2.29 bits per heavy atom. The van der Waals surface area contributed by atoms with E-state index in [0.29, 0.717) is 13.2 Å². The van der Waals surface area contributed by atoms with Gasteiger partial charge in [-0.15, -0.1) is 0 Å². The van der Waals surface area contributed by atoms with Gasteiger partial charge in [0.1, 0.15) is 11.9 Å². The quantitative estimate of drug-likeness (QED) is 0.778. The summed E-state index contributed by atoms with van der Waals surface area (Å²) in [5, 5.41) is 10.6. The molecule has 2 N–H and O–H groups in total. The van der Waals surface area contributed by atoms with E-state index in [1.807, 2.05) is 19.1 Å². The van der Waals surface area contributed by atoms with Gasteiger partial charge in [0.05, 0.1) is 19.4 Å². The van der Waals surface area contributed by atoms with Crippen LogP contribution in [0.25, 0.3) is 0 Å². The van der Waals surface area contributed by atoms with Crippen LogP contribution in [-0.2, 0) is 22.6 Å². The van der Waals surface area contributed by atoms with E-state index in [1.165, 1.54) is 5.56 Å². The van der Waals surface area contributed by atoms with Gasteiger partial charge in [-0.2, -0.15) is 5.10 Å². The van der Waals surface area contributed by atoms with Crippen molar-refractivity contribution in [1.82, 2.24) is 15.5 Å². The molecular formula is C18H25N3O3. The topological polar surface area (TPSA) is 68.4 Å². The number of aromatic amines is 1. The van der Waals surface area contributed by atoms with E-state index in [1.54, 1.807) is 13.3 Å². The molecule has 2 atom stereocenters. The summed E-state index contributed by atoms with van der Waals surface area (Å²) >= 11 is 0. The third-order valence-corrected chi connectivity index (χ3v) is 4.30. The lowest BCUT2D eigenvalue weighted by atomic mass is 10.1. The molecule has 0 unspecified atom stereocenters. The molecule has 0 spiro atoms. The fourth-order valence-electron chi connectivity index (χ4n) is 3.05. The average molecular weight is 331 g/mol. The zero-order valence-electron chi connectivity index (χ0n) is 14.2. The molecule has 1 fully saturated rings. The lowest BCUT2D eigenvalue weighted by Gasteiger charge is -2.19. The van der Waals surface area contributed by atoms with Crippen LogP contribution in [0.2, 0.25) is 0 Å². The van der Waals surface area contributed by atoms with Crippen LogP contribution >= 0.6 is 0 Å². The van der Waals surface area contributed by atoms with Crippen LogP contribution in [0.4, 0.5) is 0 Å². The Balaban J connectivity index is 1.63. The lowest BCUT2D eigenvalue weighted by molar-refractivity contribution is 0.0950. The third kappa shape index (κ3) is 3.95. The molecule has 1 aromatic carbocycles. The molecule has 1 aliphatic heterocycles. The number of nitrogens with one attached hydrogen (secondary N) is 2. The van der Waals surface area contributed by atoms with E-state index in [9.17, 15) is 0 Å². The highest BCUT2D eigenvalue weighted by atomic mass is 16.5. The largest absolute Gasteiger partial charge is 0.496 e. The monoisotopic (exact) mass is 331 g/mol. The maximum absolute atomic E-state index is 5.84. The molecule has 1 aromatic heterocycles. The number of nitrogens with zero attached hydrogens (tertiary/aromatic N) is 1. The molecule has 130 valence electrons. The van der Waals surface area contributed by atoms with Gasteiger partial charge in [-0.05, 0) is 37.1 Å². The van der Waals surface area contributed by atoms with Gasteiger partial charge in [0, 0.05) is 37.6 Å². The Kier molecular flexibility index (Phi) is 5.85. The van der Waals surface area contributed by atoms with E-state index >= 15 is 0 Å². The molecule has 6 heteroatoms. The first-order valence-electron chi connectivity index (χ1n) is 8.39. The summed E-state index contributed by atoms with van der Waals surface area (Å²) in [6, 6.07) is 8.48. The molecule has 1 saturated heterocycles. The number of ether oxygens (including phenoxy) is 3. The highest BCUT2D eigenvalue weighted by molar-refractivity contribution is 5.37. The molecule has 1 aliphatic rings. The van der Waals surface area contributed by atoms with Crippen LogP contribution in [-0.4, -0.2) is 36.6 Å². The summed E-state index contributed by atoms with van der Waals surface area (Å²) < 4.78 is 16.8. The minimum atomic E-state index is 0.0358. The van der Waals surface area contributed by atoms with Crippen LogP contribution in [0.3, 0.4) is 0 Å². The number of methoxy groups -OCH3 is 1. The van der Waals surface area contributed by atoms with E-state index in [0.717, 1.165) is 36.6 Å². The summed E-state index contributed by atoms with van der Waals surface area (Å²) in [4.78, 5) is 0. The molecule has 2 heterocycles. The molecule has 24 heavy (non-hydrogen) atoms. The first-order valence-corrected chi connectivity index (χ1v) is 8.39. The van der Waals surface area contributed by atoms with Crippen molar-refractivity contribution >= 4 is 0 Å². The zero-order valence-corrected chi connectivity index (χ0v) is 14.2. The Morgan fingerprint density at radius 1 is 1.38 bits per heavy atom. The highest BCUT2D eigenvalue weighted by Gasteiger charge is 2.30. The van der Waals surface area contributed by atoms with Crippen molar-refractivity contribution in [2.75, 3.05) is 20.3 Å². The maximum atomic E-state index is 5.84. The second-order valence-corrected chi connectivity index (χ2v) is 5.86. The molecule has 0 bridgehead atoms. The SMILES string of the molecule is CCOCc1cc(CN[C@H]2CCO[C@@H]2c2ccn[nH]2)ccc1OC. The molecule has 6 nitrogen and oxygen atoms in total. The minimum Gasteiger partial charge on any atom is -0.496 e. The third-order valence-electron chi connectivity index (χ3n) is 4.30. The summed E-state index contributed by atoms with van der Waals surface area (Å²) in [5.41, 5.74) is 3.31. The Labute approximate surface area is 142 Å². The van der Waals surface area contributed by atoms with Crippen molar-refractivity contribution in [1.29, 1.82) is 0 Å². The van der Waals surface area contributed by atoms with Gasteiger partial charge in [-0.3, -0.25) is 5.10 Å². The Morgan fingerprint density at radius 3 is 3.04 bits per heavy atom. The summed E-state index contributed by atoms with van der Waals surface area (Å²) in [7, 11) is 1.69. The van der Waals surface area contributed by atoms with Gasteiger partial charge in [0.25, 0.3) is 0 Å². The van der Waals surface area contributed by atoms with Crippen molar-refractivity contribution in [3.8, 4) is 5.75 Å². The van der Waals surface area contributed by atoms with Crippen molar-refractivity contribution in [2.45, 2.75) is 38.6 Å². The van der Waals surface area contributed by atoms with E-state index < -0.39 is 0 Å². The first kappa shape index (κ1) is 17.0. The number of H-pyrrole nitrogens is 1. The van der Waals surface area contributed by atoms with Crippen molar-refractivity contribution in [3.05, 3.63) is 47.3 Å². The second-order valence-electron chi connectivity index (χ2n) is 5.86. The lowest BCUT2D eigenvalue weighted by Crippen LogP contribution is -2.31. The second kappa shape index (κ2) is 8.28. The highest BCUT2D eigenvalue weighted by Crippen LogP contribution is 2.28. The van der Waals surface area contributed by atoms with E-state index in [2.05, 4.69) is 27.6 Å². The molecule has 0 saturated carbocycles. The van der Waals surface area contributed by atoms with Crippen LogP contribution in [0, 0.1) is 0 Å². The number of hydrogen-bond acceptors (Lipinski definition) is 5. The fraction of sp³-hybridized carbons (Fsp3) is 0.500. The number of aromatic nitrogens is 2. The van der Waals surface area contributed by atoms with Crippen LogP contribution < -0.4 is 10.1 Å². The summed E-state index contributed by atoms with van der Waals surface area (Å²) in [5.74, 6) is 0.867. The van der Waals surface area contributed by atoms with E-state index in [4.69, 9.17) is 14.2 Å². The molecule has 0 amide bonds. The molecule has 0 aliphatic carbocycles. The summed E-state index contributed by atoms with van der Waals surface area (Å²) in [6.45, 7) is 4.79. The van der Waals surface area contributed by atoms with E-state index in [-0.39, 0.29) is 12.1 Å². The number of hydrogen-bond donors (Lipinski definition) is 2. The van der Waals surface area contributed by atoms with Crippen molar-refractivity contribution < 1.29 is 14.2 Å². The predicted molar refractivity (Wildman–Crippen MR) is 90.8 cm³/mol. The standard InChI is InChI=1S/C18H25N3O3/c1-3-23-12-14-10-13(4-5-17(14)22-2)11-19-15-7-9-24-18(15)16-6-8-20-21-16/h4-6,8,10,15,18-19H,3,7,9,11-12H2,1-2H3,(H,20,21)/t15-,18-/m0/s1. The zero-order chi connectivity index (χ0) is 16.8. The van der Waals surface area contributed by atoms with Crippen LogP contribution in [0.1, 0.15) is 36.3 Å². The Bertz CT molecular complexity index is 630. The average Bonchev–Trinajstić information content (AvgIpc) is 3.28. The number of benzene rings is 1. The van der Waals surface area contributed by atoms with Crippen LogP contribution in [0.15, 0.2) is 30.5 Å².